The Morgan fingerprint density at radius 3 is 2.52 bits per heavy atom. The number of nitrogens with one attached hydrogen (secondary N) is 1. The molecule has 0 saturated carbocycles. The first kappa shape index (κ1) is 22.0. The van der Waals surface area contributed by atoms with E-state index in [-0.39, 0.29) is 23.0 Å². The van der Waals surface area contributed by atoms with Crippen LogP contribution in [0.15, 0.2) is 36.7 Å². The molecular weight excluding hydrogens is 428 g/mol. The molecule has 0 radical (unpaired) electrons. The fourth-order valence-electron chi connectivity index (χ4n) is 2.81. The number of nitriles is 1. The SMILES string of the molecule is Cc1cc(C(F)F)nc(C)c1Oc1nc(-c2cncc(C#N)c2)ccc1NS(C)(=O)=O. The lowest BCUT2D eigenvalue weighted by Crippen LogP contribution is -2.11. The summed E-state index contributed by atoms with van der Waals surface area (Å²) in [7, 11) is -3.66. The minimum atomic E-state index is -3.66. The zero-order chi connectivity index (χ0) is 22.8. The molecule has 160 valence electrons. The summed E-state index contributed by atoms with van der Waals surface area (Å²) in [5.41, 5.74) is 1.43. The third-order valence-electron chi connectivity index (χ3n) is 4.09. The van der Waals surface area contributed by atoms with Gasteiger partial charge in [0.25, 0.3) is 6.43 Å². The first-order chi connectivity index (χ1) is 14.6. The van der Waals surface area contributed by atoms with Crippen molar-refractivity contribution in [3.05, 3.63) is 59.2 Å². The van der Waals surface area contributed by atoms with Crippen LogP contribution in [0.5, 0.6) is 11.6 Å². The van der Waals surface area contributed by atoms with E-state index < -0.39 is 22.1 Å². The van der Waals surface area contributed by atoms with Crippen LogP contribution in [0.3, 0.4) is 0 Å². The third-order valence-corrected chi connectivity index (χ3v) is 4.68. The van der Waals surface area contributed by atoms with Crippen LogP contribution >= 0.6 is 0 Å². The zero-order valence-electron chi connectivity index (χ0n) is 16.7. The smallest absolute Gasteiger partial charge is 0.280 e. The number of rotatable bonds is 6. The van der Waals surface area contributed by atoms with Gasteiger partial charge < -0.3 is 4.74 Å². The number of aryl methyl sites for hydroxylation is 2. The molecule has 8 nitrogen and oxygen atoms in total. The molecule has 3 rings (SSSR count). The maximum atomic E-state index is 13.0. The molecule has 3 aromatic heterocycles. The summed E-state index contributed by atoms with van der Waals surface area (Å²) >= 11 is 0. The highest BCUT2D eigenvalue weighted by Crippen LogP contribution is 2.35. The van der Waals surface area contributed by atoms with Crippen molar-refractivity contribution in [1.82, 2.24) is 15.0 Å². The largest absolute Gasteiger partial charge is 0.435 e. The van der Waals surface area contributed by atoms with Crippen LogP contribution in [-0.2, 0) is 10.0 Å². The van der Waals surface area contributed by atoms with Crippen LogP contribution in [-0.4, -0.2) is 29.6 Å². The van der Waals surface area contributed by atoms with E-state index in [0.29, 0.717) is 22.4 Å². The summed E-state index contributed by atoms with van der Waals surface area (Å²) in [4.78, 5) is 12.2. The van der Waals surface area contributed by atoms with E-state index in [9.17, 15) is 17.2 Å². The van der Waals surface area contributed by atoms with Gasteiger partial charge in [-0.25, -0.2) is 27.2 Å². The Morgan fingerprint density at radius 2 is 1.90 bits per heavy atom. The number of sulfonamides is 1. The molecule has 0 aliphatic heterocycles. The molecule has 0 atom stereocenters. The van der Waals surface area contributed by atoms with Crippen molar-refractivity contribution >= 4 is 15.7 Å². The van der Waals surface area contributed by atoms with E-state index in [4.69, 9.17) is 10.00 Å². The van der Waals surface area contributed by atoms with E-state index in [1.165, 1.54) is 37.5 Å². The van der Waals surface area contributed by atoms with Gasteiger partial charge in [0, 0.05) is 18.0 Å². The Hall–Kier alpha value is -3.65. The van der Waals surface area contributed by atoms with E-state index in [1.54, 1.807) is 13.0 Å². The Labute approximate surface area is 177 Å². The van der Waals surface area contributed by atoms with Gasteiger partial charge in [0.1, 0.15) is 17.5 Å². The number of aromatic nitrogens is 3. The summed E-state index contributed by atoms with van der Waals surface area (Å²) in [6, 6.07) is 7.73. The van der Waals surface area contributed by atoms with Crippen molar-refractivity contribution in [3.8, 4) is 29.0 Å². The minimum absolute atomic E-state index is 0.0485. The summed E-state index contributed by atoms with van der Waals surface area (Å²) in [5, 5.41) is 9.08. The molecular formula is C20H17F2N5O3S. The summed E-state index contributed by atoms with van der Waals surface area (Å²) in [5.74, 6) is 0.0672. The number of alkyl halides is 2. The predicted octanol–water partition coefficient (Wildman–Crippen LogP) is 4.13. The molecule has 0 bridgehead atoms. The van der Waals surface area contributed by atoms with Gasteiger partial charge in [-0.15, -0.1) is 0 Å². The van der Waals surface area contributed by atoms with Gasteiger partial charge in [-0.3, -0.25) is 9.71 Å². The topological polar surface area (TPSA) is 118 Å². The maximum absolute atomic E-state index is 13.0. The van der Waals surface area contributed by atoms with E-state index in [1.807, 2.05) is 6.07 Å². The van der Waals surface area contributed by atoms with Gasteiger partial charge in [0.2, 0.25) is 15.9 Å². The number of anilines is 1. The van der Waals surface area contributed by atoms with Gasteiger partial charge in [-0.2, -0.15) is 5.26 Å². The van der Waals surface area contributed by atoms with Crippen LogP contribution in [0.25, 0.3) is 11.3 Å². The van der Waals surface area contributed by atoms with Crippen LogP contribution in [0.2, 0.25) is 0 Å². The fourth-order valence-corrected chi connectivity index (χ4v) is 3.36. The van der Waals surface area contributed by atoms with Crippen LogP contribution in [0, 0.1) is 25.2 Å². The quantitative estimate of drug-likeness (QED) is 0.606. The van der Waals surface area contributed by atoms with Crippen LogP contribution in [0.4, 0.5) is 14.5 Å². The van der Waals surface area contributed by atoms with Crippen molar-refractivity contribution in [2.75, 3.05) is 11.0 Å². The van der Waals surface area contributed by atoms with E-state index in [0.717, 1.165) is 6.26 Å². The molecule has 0 amide bonds. The first-order valence-corrected chi connectivity index (χ1v) is 10.7. The number of ether oxygens (including phenoxy) is 1. The maximum Gasteiger partial charge on any atom is 0.280 e. The number of hydrogen-bond donors (Lipinski definition) is 1. The van der Waals surface area contributed by atoms with Crippen LogP contribution in [0.1, 0.15) is 28.9 Å². The molecule has 0 spiro atoms. The molecule has 0 saturated heterocycles. The monoisotopic (exact) mass is 445 g/mol. The third kappa shape index (κ3) is 5.29. The molecule has 31 heavy (non-hydrogen) atoms. The Balaban J connectivity index is 2.11. The number of hydrogen-bond acceptors (Lipinski definition) is 7. The molecule has 0 fully saturated rings. The molecule has 11 heteroatoms. The lowest BCUT2D eigenvalue weighted by Gasteiger charge is -2.16. The Bertz CT molecular complexity index is 1270. The molecule has 0 unspecified atom stereocenters. The second-order valence-corrected chi connectivity index (χ2v) is 8.43. The van der Waals surface area contributed by atoms with Gasteiger partial charge >= 0.3 is 0 Å². The average molecular weight is 445 g/mol. The second kappa shape index (κ2) is 8.61. The Kier molecular flexibility index (Phi) is 6.12. The number of halogens is 2. The van der Waals surface area contributed by atoms with E-state index in [2.05, 4.69) is 19.7 Å². The van der Waals surface area contributed by atoms with Gasteiger partial charge in [0.05, 0.1) is 23.2 Å². The fraction of sp³-hybridized carbons (Fsp3) is 0.200. The summed E-state index contributed by atoms with van der Waals surface area (Å²) < 4.78 is 57.7. The lowest BCUT2D eigenvalue weighted by molar-refractivity contribution is 0.145. The van der Waals surface area contributed by atoms with Crippen molar-refractivity contribution in [2.45, 2.75) is 20.3 Å². The van der Waals surface area contributed by atoms with Crippen molar-refractivity contribution in [3.63, 3.8) is 0 Å². The normalized spacial score (nSPS) is 11.3. The van der Waals surface area contributed by atoms with E-state index >= 15 is 0 Å². The zero-order valence-corrected chi connectivity index (χ0v) is 17.5. The molecule has 1 N–H and O–H groups in total. The average Bonchev–Trinajstić information content (AvgIpc) is 2.70. The van der Waals surface area contributed by atoms with Gasteiger partial charge in [-0.1, -0.05) is 0 Å². The highest BCUT2D eigenvalue weighted by Gasteiger charge is 2.19. The van der Waals surface area contributed by atoms with Crippen molar-refractivity contribution in [1.29, 1.82) is 5.26 Å². The standard InChI is InChI=1S/C20H17F2N5O3S/c1-11-6-17(19(21)22)25-12(2)18(11)30-20-16(27-31(3,28)29)5-4-15(26-20)14-7-13(8-23)9-24-10-14/h4-7,9-10,19,27H,1-3H3. The van der Waals surface area contributed by atoms with Crippen molar-refractivity contribution in [2.24, 2.45) is 0 Å². The predicted molar refractivity (Wildman–Crippen MR) is 109 cm³/mol. The lowest BCUT2D eigenvalue weighted by atomic mass is 10.1. The number of nitrogens with zero attached hydrogens (tertiary/aromatic N) is 4. The molecule has 3 aromatic rings. The summed E-state index contributed by atoms with van der Waals surface area (Å²) in [6.07, 6.45) is 1.12. The second-order valence-electron chi connectivity index (χ2n) is 6.68. The van der Waals surface area contributed by atoms with Gasteiger partial charge in [0.15, 0.2) is 5.75 Å². The highest BCUT2D eigenvalue weighted by atomic mass is 32.2. The molecule has 3 heterocycles. The Morgan fingerprint density at radius 1 is 1.16 bits per heavy atom. The highest BCUT2D eigenvalue weighted by molar-refractivity contribution is 7.92. The number of pyridine rings is 3. The minimum Gasteiger partial charge on any atom is -0.435 e. The summed E-state index contributed by atoms with van der Waals surface area (Å²) in [6.45, 7) is 3.08. The molecule has 0 aromatic carbocycles. The van der Waals surface area contributed by atoms with Crippen LogP contribution < -0.4 is 9.46 Å². The molecule has 0 aliphatic rings. The first-order valence-electron chi connectivity index (χ1n) is 8.86. The molecule has 0 aliphatic carbocycles. The van der Waals surface area contributed by atoms with Crippen molar-refractivity contribution < 1.29 is 21.9 Å². The van der Waals surface area contributed by atoms with Gasteiger partial charge in [-0.05, 0) is 43.7 Å².